The van der Waals surface area contributed by atoms with Crippen LogP contribution in [0.4, 0.5) is 5.69 Å². The number of carbonyl (C=O) groups excluding carboxylic acids is 1. The van der Waals surface area contributed by atoms with Gasteiger partial charge in [-0.15, -0.1) is 0 Å². The van der Waals surface area contributed by atoms with Crippen molar-refractivity contribution in [1.29, 1.82) is 5.26 Å². The molecule has 0 spiro atoms. The minimum atomic E-state index is -0.477. The molecule has 0 radical (unpaired) electrons. The van der Waals surface area contributed by atoms with Crippen LogP contribution in [-0.2, 0) is 4.79 Å². The van der Waals surface area contributed by atoms with Crippen LogP contribution in [0, 0.1) is 11.3 Å². The van der Waals surface area contributed by atoms with E-state index >= 15 is 0 Å². The van der Waals surface area contributed by atoms with Gasteiger partial charge in [0.05, 0.1) is 6.61 Å². The molecular formula is C15H19N3O2. The number of nitrogens with one attached hydrogen (secondary N) is 2. The molecule has 0 unspecified atom stereocenters. The third kappa shape index (κ3) is 4.75. The summed E-state index contributed by atoms with van der Waals surface area (Å²) in [6.07, 6.45) is 1.30. The zero-order valence-corrected chi connectivity index (χ0v) is 11.7. The van der Waals surface area contributed by atoms with E-state index in [0.717, 1.165) is 0 Å². The fourth-order valence-corrected chi connectivity index (χ4v) is 1.54. The van der Waals surface area contributed by atoms with E-state index in [4.69, 9.17) is 10.4 Å². The second-order valence-electron chi connectivity index (χ2n) is 4.58. The molecule has 0 aliphatic carbocycles. The molecule has 0 aliphatic rings. The lowest BCUT2D eigenvalue weighted by molar-refractivity contribution is -0.112. The number of amides is 1. The Morgan fingerprint density at radius 2 is 2.05 bits per heavy atom. The second-order valence-corrected chi connectivity index (χ2v) is 4.58. The van der Waals surface area contributed by atoms with Crippen molar-refractivity contribution in [1.82, 2.24) is 5.32 Å². The van der Waals surface area contributed by atoms with Crippen LogP contribution in [0.2, 0.25) is 0 Å². The quantitative estimate of drug-likeness (QED) is 0.418. The van der Waals surface area contributed by atoms with E-state index in [1.807, 2.05) is 30.3 Å². The highest BCUT2D eigenvalue weighted by Gasteiger charge is 2.09. The number of carbonyl (C=O) groups is 1. The van der Waals surface area contributed by atoms with Gasteiger partial charge in [-0.05, 0) is 23.6 Å². The van der Waals surface area contributed by atoms with Crippen molar-refractivity contribution >= 4 is 11.6 Å². The standard InChI is InChI=1S/C15H19N3O2/c1-11(2)12-3-5-14(6-4-12)18-15(20)13(9-16)10-17-7-8-19/h3-6,10-11,17,19H,7-8H2,1-2H3,(H,18,20)/b13-10-. The first-order valence-corrected chi connectivity index (χ1v) is 6.44. The molecule has 0 atom stereocenters. The molecule has 0 aliphatic heterocycles. The Morgan fingerprint density at radius 1 is 1.40 bits per heavy atom. The molecule has 20 heavy (non-hydrogen) atoms. The molecule has 0 heterocycles. The number of anilines is 1. The predicted molar refractivity (Wildman–Crippen MR) is 77.9 cm³/mol. The van der Waals surface area contributed by atoms with Gasteiger partial charge in [0.25, 0.3) is 5.91 Å². The summed E-state index contributed by atoms with van der Waals surface area (Å²) in [6.45, 7) is 4.42. The highest BCUT2D eigenvalue weighted by Crippen LogP contribution is 2.17. The first kappa shape index (κ1) is 15.7. The number of hydrogen-bond acceptors (Lipinski definition) is 4. The van der Waals surface area contributed by atoms with Crippen LogP contribution in [0.1, 0.15) is 25.3 Å². The maximum atomic E-state index is 11.9. The van der Waals surface area contributed by atoms with Crippen LogP contribution in [0.3, 0.4) is 0 Å². The van der Waals surface area contributed by atoms with Gasteiger partial charge >= 0.3 is 0 Å². The Hall–Kier alpha value is -2.32. The van der Waals surface area contributed by atoms with Crippen molar-refractivity contribution in [3.8, 4) is 6.07 Å². The summed E-state index contributed by atoms with van der Waals surface area (Å²) in [5, 5.41) is 22.9. The van der Waals surface area contributed by atoms with Gasteiger partial charge in [0, 0.05) is 18.4 Å². The lowest BCUT2D eigenvalue weighted by Crippen LogP contribution is -2.18. The Labute approximate surface area is 118 Å². The Balaban J connectivity index is 2.69. The van der Waals surface area contributed by atoms with E-state index in [1.54, 1.807) is 0 Å². The van der Waals surface area contributed by atoms with Crippen molar-refractivity contribution in [3.05, 3.63) is 41.6 Å². The van der Waals surface area contributed by atoms with Crippen LogP contribution in [-0.4, -0.2) is 24.2 Å². The van der Waals surface area contributed by atoms with Crippen molar-refractivity contribution in [3.63, 3.8) is 0 Å². The number of nitriles is 1. The van der Waals surface area contributed by atoms with Crippen LogP contribution in [0.5, 0.6) is 0 Å². The van der Waals surface area contributed by atoms with Gasteiger partial charge in [-0.1, -0.05) is 26.0 Å². The lowest BCUT2D eigenvalue weighted by Gasteiger charge is -2.08. The minimum absolute atomic E-state index is 0.0358. The van der Waals surface area contributed by atoms with E-state index in [1.165, 1.54) is 11.8 Å². The maximum absolute atomic E-state index is 11.9. The average Bonchev–Trinajstić information content (AvgIpc) is 2.44. The Morgan fingerprint density at radius 3 is 2.55 bits per heavy atom. The largest absolute Gasteiger partial charge is 0.395 e. The number of rotatable bonds is 6. The number of aliphatic hydroxyl groups excluding tert-OH is 1. The third-order valence-corrected chi connectivity index (χ3v) is 2.70. The molecule has 1 aromatic rings. The fraction of sp³-hybridized carbons (Fsp3) is 0.333. The molecule has 0 fully saturated rings. The van der Waals surface area contributed by atoms with Crippen molar-refractivity contribution < 1.29 is 9.90 Å². The summed E-state index contributed by atoms with van der Waals surface area (Å²) in [5.74, 6) is -0.0489. The first-order valence-electron chi connectivity index (χ1n) is 6.44. The topological polar surface area (TPSA) is 85.2 Å². The molecule has 5 nitrogen and oxygen atoms in total. The van der Waals surface area contributed by atoms with E-state index in [9.17, 15) is 4.79 Å². The monoisotopic (exact) mass is 273 g/mol. The van der Waals surface area contributed by atoms with Crippen molar-refractivity contribution in [2.24, 2.45) is 0 Å². The van der Waals surface area contributed by atoms with Gasteiger partial charge in [-0.25, -0.2) is 0 Å². The van der Waals surface area contributed by atoms with E-state index in [0.29, 0.717) is 18.2 Å². The van der Waals surface area contributed by atoms with Gasteiger partial charge in [0.15, 0.2) is 0 Å². The molecule has 0 bridgehead atoms. The van der Waals surface area contributed by atoms with Gasteiger partial charge < -0.3 is 15.7 Å². The molecule has 0 saturated carbocycles. The van der Waals surface area contributed by atoms with Crippen LogP contribution >= 0.6 is 0 Å². The smallest absolute Gasteiger partial charge is 0.267 e. The highest BCUT2D eigenvalue weighted by atomic mass is 16.3. The second kappa shape index (κ2) is 7.97. The minimum Gasteiger partial charge on any atom is -0.395 e. The zero-order chi connectivity index (χ0) is 15.0. The molecule has 1 amide bonds. The van der Waals surface area contributed by atoms with E-state index < -0.39 is 5.91 Å². The van der Waals surface area contributed by atoms with Crippen molar-refractivity contribution in [2.45, 2.75) is 19.8 Å². The Bertz CT molecular complexity index is 513. The highest BCUT2D eigenvalue weighted by molar-refractivity contribution is 6.06. The number of benzene rings is 1. The average molecular weight is 273 g/mol. The third-order valence-electron chi connectivity index (χ3n) is 2.70. The van der Waals surface area contributed by atoms with Crippen LogP contribution in [0.25, 0.3) is 0 Å². The predicted octanol–water partition coefficient (Wildman–Crippen LogP) is 1.74. The Kier molecular flexibility index (Phi) is 6.27. The van der Waals surface area contributed by atoms with Crippen LogP contribution < -0.4 is 10.6 Å². The molecule has 1 aromatic carbocycles. The molecule has 0 saturated heterocycles. The van der Waals surface area contributed by atoms with E-state index in [2.05, 4.69) is 24.5 Å². The molecule has 106 valence electrons. The van der Waals surface area contributed by atoms with E-state index in [-0.39, 0.29) is 12.2 Å². The molecule has 1 rings (SSSR count). The van der Waals surface area contributed by atoms with Gasteiger partial charge in [0.2, 0.25) is 0 Å². The maximum Gasteiger partial charge on any atom is 0.267 e. The summed E-state index contributed by atoms with van der Waals surface area (Å²) in [6, 6.07) is 9.32. The number of nitrogens with zero attached hydrogens (tertiary/aromatic N) is 1. The summed E-state index contributed by atoms with van der Waals surface area (Å²) >= 11 is 0. The fourth-order valence-electron chi connectivity index (χ4n) is 1.54. The lowest BCUT2D eigenvalue weighted by atomic mass is 10.0. The normalized spacial score (nSPS) is 11.1. The van der Waals surface area contributed by atoms with Crippen LogP contribution in [0.15, 0.2) is 36.0 Å². The molecule has 5 heteroatoms. The van der Waals surface area contributed by atoms with Gasteiger partial charge in [-0.2, -0.15) is 5.26 Å². The zero-order valence-electron chi connectivity index (χ0n) is 11.7. The SMILES string of the molecule is CC(C)c1ccc(NC(=O)/C(C#N)=C\NCCO)cc1. The summed E-state index contributed by atoms with van der Waals surface area (Å²) in [4.78, 5) is 11.9. The number of hydrogen-bond donors (Lipinski definition) is 3. The van der Waals surface area contributed by atoms with Gasteiger partial charge in [0.1, 0.15) is 11.6 Å². The first-order chi connectivity index (χ1) is 9.58. The number of aliphatic hydroxyl groups is 1. The van der Waals surface area contributed by atoms with Gasteiger partial charge in [-0.3, -0.25) is 4.79 Å². The summed E-state index contributed by atoms with van der Waals surface area (Å²) in [5.41, 5.74) is 1.79. The molecular weight excluding hydrogens is 254 g/mol. The van der Waals surface area contributed by atoms with Crippen molar-refractivity contribution in [2.75, 3.05) is 18.5 Å². The molecule has 3 N–H and O–H groups in total. The summed E-state index contributed by atoms with van der Waals surface area (Å²) in [7, 11) is 0. The molecule has 0 aromatic heterocycles. The summed E-state index contributed by atoms with van der Waals surface area (Å²) < 4.78 is 0.